The predicted molar refractivity (Wildman–Crippen MR) is 108 cm³/mol. The molecule has 4 heteroatoms. The first-order valence-corrected chi connectivity index (χ1v) is 9.22. The van der Waals surface area contributed by atoms with E-state index in [-0.39, 0.29) is 5.91 Å². The van der Waals surface area contributed by atoms with Crippen molar-refractivity contribution >= 4 is 17.7 Å². The molecule has 1 amide bonds. The van der Waals surface area contributed by atoms with Crippen molar-refractivity contribution in [2.24, 2.45) is 0 Å². The lowest BCUT2D eigenvalue weighted by molar-refractivity contribution is -0.114. The topological polar surface area (TPSA) is 35.6 Å². The Hall–Kier alpha value is -2.43. The van der Waals surface area contributed by atoms with Crippen molar-refractivity contribution < 1.29 is 4.79 Å². The molecule has 0 spiro atoms. The van der Waals surface area contributed by atoms with E-state index in [0.717, 1.165) is 45.0 Å². The zero-order chi connectivity index (χ0) is 18.2. The van der Waals surface area contributed by atoms with Gasteiger partial charge in [0.1, 0.15) is 0 Å². The molecule has 1 N–H and O–H groups in total. The van der Waals surface area contributed by atoms with Gasteiger partial charge in [0.2, 0.25) is 5.91 Å². The Morgan fingerprint density at radius 1 is 0.962 bits per heavy atom. The van der Waals surface area contributed by atoms with Gasteiger partial charge in [-0.3, -0.25) is 14.6 Å². The van der Waals surface area contributed by atoms with Crippen LogP contribution in [0.3, 0.4) is 0 Å². The number of rotatable bonds is 6. The highest BCUT2D eigenvalue weighted by Crippen LogP contribution is 2.13. The van der Waals surface area contributed by atoms with Crippen molar-refractivity contribution in [3.05, 3.63) is 71.8 Å². The van der Waals surface area contributed by atoms with Crippen LogP contribution in [0.5, 0.6) is 0 Å². The third-order valence-electron chi connectivity index (χ3n) is 4.62. The number of anilines is 1. The molecule has 0 unspecified atom stereocenters. The fourth-order valence-corrected chi connectivity index (χ4v) is 3.19. The van der Waals surface area contributed by atoms with E-state index in [4.69, 9.17) is 0 Å². The van der Waals surface area contributed by atoms with E-state index < -0.39 is 0 Å². The highest BCUT2D eigenvalue weighted by molar-refractivity contribution is 5.88. The van der Waals surface area contributed by atoms with E-state index in [1.807, 2.05) is 18.2 Å². The zero-order valence-electron chi connectivity index (χ0n) is 15.4. The molecule has 3 rings (SSSR count). The van der Waals surface area contributed by atoms with E-state index in [2.05, 4.69) is 63.7 Å². The van der Waals surface area contributed by atoms with Gasteiger partial charge in [-0.2, -0.15) is 0 Å². The number of nitrogens with one attached hydrogen (secondary N) is 1. The van der Waals surface area contributed by atoms with Gasteiger partial charge in [-0.15, -0.1) is 0 Å². The van der Waals surface area contributed by atoms with Gasteiger partial charge in [0.25, 0.3) is 0 Å². The number of hydrogen-bond acceptors (Lipinski definition) is 3. The van der Waals surface area contributed by atoms with Crippen LogP contribution in [0.2, 0.25) is 0 Å². The molecular formula is C22H27N3O. The van der Waals surface area contributed by atoms with Crippen LogP contribution in [0.4, 0.5) is 5.69 Å². The van der Waals surface area contributed by atoms with Gasteiger partial charge in [-0.1, -0.05) is 54.6 Å². The first-order valence-electron chi connectivity index (χ1n) is 9.22. The summed E-state index contributed by atoms with van der Waals surface area (Å²) in [6.07, 6.45) is 4.45. The quantitative estimate of drug-likeness (QED) is 0.867. The molecule has 1 aliphatic heterocycles. The number of hydrogen-bond donors (Lipinski definition) is 1. The second kappa shape index (κ2) is 9.32. The minimum Gasteiger partial charge on any atom is -0.326 e. The highest BCUT2D eigenvalue weighted by atomic mass is 16.1. The minimum absolute atomic E-state index is 0.0322. The predicted octanol–water partition coefficient (Wildman–Crippen LogP) is 3.48. The molecule has 2 aromatic carbocycles. The Bertz CT molecular complexity index is 717. The molecule has 0 atom stereocenters. The van der Waals surface area contributed by atoms with E-state index in [1.165, 1.54) is 18.1 Å². The average Bonchev–Trinajstić information content (AvgIpc) is 2.65. The maximum Gasteiger partial charge on any atom is 0.221 e. The molecule has 1 aliphatic rings. The number of carbonyl (C=O) groups excluding carboxylic acids is 1. The minimum atomic E-state index is -0.0322. The second-order valence-electron chi connectivity index (χ2n) is 6.77. The largest absolute Gasteiger partial charge is 0.326 e. The van der Waals surface area contributed by atoms with Crippen LogP contribution in [0.25, 0.3) is 6.08 Å². The molecule has 0 aromatic heterocycles. The second-order valence-corrected chi connectivity index (χ2v) is 6.77. The summed E-state index contributed by atoms with van der Waals surface area (Å²) in [7, 11) is 0. The van der Waals surface area contributed by atoms with Crippen LogP contribution >= 0.6 is 0 Å². The monoisotopic (exact) mass is 349 g/mol. The molecule has 0 bridgehead atoms. The molecular weight excluding hydrogens is 322 g/mol. The molecule has 0 saturated carbocycles. The Morgan fingerprint density at radius 3 is 2.27 bits per heavy atom. The van der Waals surface area contributed by atoms with Crippen molar-refractivity contribution in [2.45, 2.75) is 13.5 Å². The van der Waals surface area contributed by atoms with Gasteiger partial charge >= 0.3 is 0 Å². The lowest BCUT2D eigenvalue weighted by Gasteiger charge is -2.34. The summed E-state index contributed by atoms with van der Waals surface area (Å²) in [5, 5.41) is 2.81. The maximum atomic E-state index is 11.1. The number of amides is 1. The lowest BCUT2D eigenvalue weighted by atomic mass is 10.1. The number of carbonyl (C=O) groups is 1. The Morgan fingerprint density at radius 2 is 1.62 bits per heavy atom. The molecule has 4 nitrogen and oxygen atoms in total. The van der Waals surface area contributed by atoms with E-state index >= 15 is 0 Å². The SMILES string of the molecule is CC(=O)Nc1ccc(CN2CCN(C/C=C\c3ccccc3)CC2)cc1. The first kappa shape index (κ1) is 18.4. The Labute approximate surface area is 156 Å². The van der Waals surface area contributed by atoms with Gasteiger partial charge in [-0.05, 0) is 23.3 Å². The van der Waals surface area contributed by atoms with E-state index in [1.54, 1.807) is 0 Å². The molecule has 136 valence electrons. The third kappa shape index (κ3) is 5.83. The summed E-state index contributed by atoms with van der Waals surface area (Å²) in [6, 6.07) is 18.6. The smallest absolute Gasteiger partial charge is 0.221 e. The van der Waals surface area contributed by atoms with Crippen molar-refractivity contribution in [1.82, 2.24) is 9.80 Å². The average molecular weight is 349 g/mol. The summed E-state index contributed by atoms with van der Waals surface area (Å²) < 4.78 is 0. The highest BCUT2D eigenvalue weighted by Gasteiger charge is 2.15. The van der Waals surface area contributed by atoms with Crippen molar-refractivity contribution in [1.29, 1.82) is 0 Å². The van der Waals surface area contributed by atoms with Crippen molar-refractivity contribution in [2.75, 3.05) is 38.0 Å². The van der Waals surface area contributed by atoms with Gasteiger partial charge in [0.05, 0.1) is 0 Å². The summed E-state index contributed by atoms with van der Waals surface area (Å²) >= 11 is 0. The van der Waals surface area contributed by atoms with Crippen LogP contribution in [0.15, 0.2) is 60.7 Å². The van der Waals surface area contributed by atoms with Gasteiger partial charge in [-0.25, -0.2) is 0 Å². The Kier molecular flexibility index (Phi) is 6.58. The molecule has 2 aromatic rings. The molecule has 0 aliphatic carbocycles. The van der Waals surface area contributed by atoms with Crippen LogP contribution in [0.1, 0.15) is 18.1 Å². The number of nitrogens with zero attached hydrogens (tertiary/aromatic N) is 2. The lowest BCUT2D eigenvalue weighted by Crippen LogP contribution is -2.45. The molecule has 1 heterocycles. The van der Waals surface area contributed by atoms with Crippen LogP contribution < -0.4 is 5.32 Å². The van der Waals surface area contributed by atoms with Crippen LogP contribution in [-0.4, -0.2) is 48.4 Å². The van der Waals surface area contributed by atoms with Gasteiger partial charge in [0, 0.05) is 51.9 Å². The van der Waals surface area contributed by atoms with E-state index in [0.29, 0.717) is 0 Å². The normalized spacial score (nSPS) is 16.0. The molecule has 26 heavy (non-hydrogen) atoms. The van der Waals surface area contributed by atoms with Crippen LogP contribution in [-0.2, 0) is 11.3 Å². The van der Waals surface area contributed by atoms with Crippen LogP contribution in [0, 0.1) is 0 Å². The third-order valence-corrected chi connectivity index (χ3v) is 4.62. The molecule has 1 fully saturated rings. The van der Waals surface area contributed by atoms with Gasteiger partial charge in [0.15, 0.2) is 0 Å². The zero-order valence-corrected chi connectivity index (χ0v) is 15.4. The summed E-state index contributed by atoms with van der Waals surface area (Å²) in [5.74, 6) is -0.0322. The number of benzene rings is 2. The fraction of sp³-hybridized carbons (Fsp3) is 0.318. The van der Waals surface area contributed by atoms with Gasteiger partial charge < -0.3 is 5.32 Å². The number of piperazine rings is 1. The fourth-order valence-electron chi connectivity index (χ4n) is 3.19. The van der Waals surface area contributed by atoms with Crippen molar-refractivity contribution in [3.8, 4) is 0 Å². The summed E-state index contributed by atoms with van der Waals surface area (Å²) in [6.45, 7) is 7.89. The standard InChI is InChI=1S/C22H27N3O/c1-19(26)23-22-11-9-21(10-12-22)18-25-16-14-24(15-17-25)13-5-8-20-6-3-2-4-7-20/h2-12H,13-18H2,1H3,(H,23,26)/b8-5-. The van der Waals surface area contributed by atoms with Crippen molar-refractivity contribution in [3.63, 3.8) is 0 Å². The first-order chi connectivity index (χ1) is 12.7. The van der Waals surface area contributed by atoms with E-state index in [9.17, 15) is 4.79 Å². The maximum absolute atomic E-state index is 11.1. The summed E-state index contributed by atoms with van der Waals surface area (Å²) in [4.78, 5) is 16.1. The molecule has 1 saturated heterocycles. The summed E-state index contributed by atoms with van der Waals surface area (Å²) in [5.41, 5.74) is 3.40. The Balaban J connectivity index is 1.41. The molecule has 0 radical (unpaired) electrons.